The largest absolute Gasteiger partial charge is 0.354 e. The topological polar surface area (TPSA) is 41.1 Å². The molecular weight excluding hydrogens is 200 g/mol. The van der Waals surface area contributed by atoms with Crippen molar-refractivity contribution in [2.75, 3.05) is 6.54 Å². The molecule has 1 amide bonds. The third kappa shape index (κ3) is 6.83. The fourth-order valence-electron chi connectivity index (χ4n) is 1.68. The number of hydrogen-bond acceptors (Lipinski definition) is 2. The fourth-order valence-corrected chi connectivity index (χ4v) is 1.68. The molecule has 1 aliphatic rings. The molecule has 0 heterocycles. The third-order valence-electron chi connectivity index (χ3n) is 2.95. The Morgan fingerprint density at radius 3 is 2.50 bits per heavy atom. The van der Waals surface area contributed by atoms with E-state index in [2.05, 4.69) is 31.4 Å². The minimum atomic E-state index is 0.185. The highest BCUT2D eigenvalue weighted by Gasteiger charge is 2.20. The molecular formula is C13H26N2O. The van der Waals surface area contributed by atoms with Gasteiger partial charge in [-0.15, -0.1) is 0 Å². The first-order valence-electron chi connectivity index (χ1n) is 6.60. The summed E-state index contributed by atoms with van der Waals surface area (Å²) in [6, 6.07) is 1.02. The molecule has 16 heavy (non-hydrogen) atoms. The lowest BCUT2D eigenvalue weighted by Gasteiger charge is -2.15. The third-order valence-corrected chi connectivity index (χ3v) is 2.95. The molecule has 1 saturated carbocycles. The first-order chi connectivity index (χ1) is 7.58. The van der Waals surface area contributed by atoms with Gasteiger partial charge in [0.05, 0.1) is 0 Å². The van der Waals surface area contributed by atoms with Crippen LogP contribution in [0, 0.1) is 5.92 Å². The van der Waals surface area contributed by atoms with Gasteiger partial charge in [0.2, 0.25) is 5.91 Å². The van der Waals surface area contributed by atoms with E-state index in [1.54, 1.807) is 0 Å². The summed E-state index contributed by atoms with van der Waals surface area (Å²) in [5.74, 6) is 0.903. The zero-order valence-electron chi connectivity index (χ0n) is 10.9. The monoisotopic (exact) mass is 226 g/mol. The molecule has 1 atom stereocenters. The van der Waals surface area contributed by atoms with Crippen molar-refractivity contribution in [3.63, 3.8) is 0 Å². The highest BCUT2D eigenvalue weighted by atomic mass is 16.1. The van der Waals surface area contributed by atoms with Crippen molar-refractivity contribution >= 4 is 5.91 Å². The lowest BCUT2D eigenvalue weighted by Crippen LogP contribution is -2.34. The summed E-state index contributed by atoms with van der Waals surface area (Å²) in [6.45, 7) is 7.35. The Hall–Kier alpha value is -0.570. The van der Waals surface area contributed by atoms with Crippen LogP contribution in [0.4, 0.5) is 0 Å². The van der Waals surface area contributed by atoms with Gasteiger partial charge in [0.1, 0.15) is 0 Å². The first-order valence-corrected chi connectivity index (χ1v) is 6.60. The normalized spacial score (nSPS) is 17.5. The van der Waals surface area contributed by atoms with E-state index in [1.165, 1.54) is 19.3 Å². The molecule has 1 fully saturated rings. The van der Waals surface area contributed by atoms with Gasteiger partial charge < -0.3 is 10.6 Å². The second kappa shape index (κ2) is 6.89. The van der Waals surface area contributed by atoms with Gasteiger partial charge >= 0.3 is 0 Å². The lowest BCUT2D eigenvalue weighted by atomic mass is 10.0. The van der Waals surface area contributed by atoms with E-state index in [0.29, 0.717) is 18.5 Å². The number of amides is 1. The second-order valence-corrected chi connectivity index (χ2v) is 5.42. The smallest absolute Gasteiger partial charge is 0.221 e. The van der Waals surface area contributed by atoms with Crippen LogP contribution in [0.2, 0.25) is 0 Å². The maximum Gasteiger partial charge on any atom is 0.221 e. The van der Waals surface area contributed by atoms with Crippen molar-refractivity contribution < 1.29 is 4.79 Å². The Labute approximate surface area is 99.4 Å². The Morgan fingerprint density at radius 1 is 1.25 bits per heavy atom. The van der Waals surface area contributed by atoms with Gasteiger partial charge in [-0.3, -0.25) is 4.79 Å². The van der Waals surface area contributed by atoms with E-state index in [4.69, 9.17) is 0 Å². The van der Waals surface area contributed by atoms with Gasteiger partial charge in [0, 0.05) is 25.0 Å². The Kier molecular flexibility index (Phi) is 5.81. The average molecular weight is 226 g/mol. The molecule has 1 aliphatic carbocycles. The Bertz CT molecular complexity index is 212. The highest BCUT2D eigenvalue weighted by molar-refractivity contribution is 5.76. The van der Waals surface area contributed by atoms with Crippen molar-refractivity contribution in [1.82, 2.24) is 10.6 Å². The molecule has 3 nitrogen and oxygen atoms in total. The zero-order valence-corrected chi connectivity index (χ0v) is 10.9. The van der Waals surface area contributed by atoms with Crippen LogP contribution in [-0.4, -0.2) is 24.5 Å². The molecule has 94 valence electrons. The summed E-state index contributed by atoms with van der Waals surface area (Å²) in [6.07, 6.45) is 5.45. The summed E-state index contributed by atoms with van der Waals surface area (Å²) < 4.78 is 0. The van der Waals surface area contributed by atoms with Crippen molar-refractivity contribution in [3.05, 3.63) is 0 Å². The first kappa shape index (κ1) is 13.5. The van der Waals surface area contributed by atoms with E-state index in [9.17, 15) is 4.79 Å². The van der Waals surface area contributed by atoms with E-state index in [-0.39, 0.29) is 5.91 Å². The van der Waals surface area contributed by atoms with Gasteiger partial charge in [-0.05, 0) is 38.5 Å². The minimum absolute atomic E-state index is 0.185. The summed E-state index contributed by atoms with van der Waals surface area (Å²) in [5.41, 5.74) is 0. The molecule has 0 bridgehead atoms. The summed E-state index contributed by atoms with van der Waals surface area (Å²) in [7, 11) is 0. The molecule has 0 spiro atoms. The summed E-state index contributed by atoms with van der Waals surface area (Å²) in [5, 5.41) is 6.40. The van der Waals surface area contributed by atoms with Crippen LogP contribution in [-0.2, 0) is 4.79 Å². The van der Waals surface area contributed by atoms with Gasteiger partial charge in [0.15, 0.2) is 0 Å². The Balaban J connectivity index is 1.98. The molecule has 0 saturated heterocycles. The van der Waals surface area contributed by atoms with Gasteiger partial charge in [-0.25, -0.2) is 0 Å². The summed E-state index contributed by atoms with van der Waals surface area (Å²) >= 11 is 0. The number of rotatable bonds is 8. The Morgan fingerprint density at radius 2 is 1.94 bits per heavy atom. The average Bonchev–Trinajstić information content (AvgIpc) is 2.98. The quantitative estimate of drug-likeness (QED) is 0.665. The fraction of sp³-hybridized carbons (Fsp3) is 0.923. The van der Waals surface area contributed by atoms with Crippen LogP contribution in [0.1, 0.15) is 52.9 Å². The second-order valence-electron chi connectivity index (χ2n) is 5.42. The zero-order chi connectivity index (χ0) is 12.0. The van der Waals surface area contributed by atoms with Crippen LogP contribution in [0.3, 0.4) is 0 Å². The molecule has 0 aromatic heterocycles. The van der Waals surface area contributed by atoms with E-state index >= 15 is 0 Å². The van der Waals surface area contributed by atoms with Crippen LogP contribution in [0.5, 0.6) is 0 Å². The van der Waals surface area contributed by atoms with Crippen molar-refractivity contribution in [2.45, 2.75) is 65.0 Å². The molecule has 1 rings (SSSR count). The predicted octanol–water partition coefficient (Wildman–Crippen LogP) is 2.07. The van der Waals surface area contributed by atoms with E-state index < -0.39 is 0 Å². The molecule has 1 unspecified atom stereocenters. The molecule has 0 aromatic rings. The molecule has 0 aliphatic heterocycles. The minimum Gasteiger partial charge on any atom is -0.354 e. The van der Waals surface area contributed by atoms with Crippen molar-refractivity contribution in [2.24, 2.45) is 5.92 Å². The number of hydrogen-bond donors (Lipinski definition) is 2. The SMILES string of the molecule is CC(C)CCC(C)NC(=O)CCNC1CC1. The van der Waals surface area contributed by atoms with Gasteiger partial charge in [-0.2, -0.15) is 0 Å². The standard InChI is InChI=1S/C13H26N2O/c1-10(2)4-5-11(3)15-13(16)8-9-14-12-6-7-12/h10-12,14H,4-9H2,1-3H3,(H,15,16). The van der Waals surface area contributed by atoms with Crippen molar-refractivity contribution in [3.8, 4) is 0 Å². The molecule has 2 N–H and O–H groups in total. The van der Waals surface area contributed by atoms with Gasteiger partial charge in [-0.1, -0.05) is 13.8 Å². The van der Waals surface area contributed by atoms with Crippen LogP contribution in [0.25, 0.3) is 0 Å². The molecule has 0 radical (unpaired) electrons. The van der Waals surface area contributed by atoms with Crippen LogP contribution >= 0.6 is 0 Å². The number of carbonyl (C=O) groups is 1. The van der Waals surface area contributed by atoms with E-state index in [0.717, 1.165) is 18.9 Å². The number of carbonyl (C=O) groups excluding carboxylic acids is 1. The molecule has 3 heteroatoms. The maximum atomic E-state index is 11.5. The maximum absolute atomic E-state index is 11.5. The van der Waals surface area contributed by atoms with Gasteiger partial charge in [0.25, 0.3) is 0 Å². The number of nitrogens with one attached hydrogen (secondary N) is 2. The van der Waals surface area contributed by atoms with Crippen molar-refractivity contribution in [1.29, 1.82) is 0 Å². The predicted molar refractivity (Wildman–Crippen MR) is 67.3 cm³/mol. The van der Waals surface area contributed by atoms with Crippen LogP contribution in [0.15, 0.2) is 0 Å². The summed E-state index contributed by atoms with van der Waals surface area (Å²) in [4.78, 5) is 11.5. The highest BCUT2D eigenvalue weighted by Crippen LogP contribution is 2.18. The van der Waals surface area contributed by atoms with Crippen LogP contribution < -0.4 is 10.6 Å². The van der Waals surface area contributed by atoms with E-state index in [1.807, 2.05) is 0 Å². The lowest BCUT2D eigenvalue weighted by molar-refractivity contribution is -0.121. The molecule has 0 aromatic carbocycles.